The van der Waals surface area contributed by atoms with Gasteiger partial charge in [-0.1, -0.05) is 24.6 Å². The number of hydrogen-bond donors (Lipinski definition) is 1. The number of hydrogen-bond acceptors (Lipinski definition) is 1. The molecule has 0 saturated heterocycles. The Bertz CT molecular complexity index is 149. The van der Waals surface area contributed by atoms with Crippen molar-refractivity contribution in [2.45, 2.75) is 19.3 Å². The van der Waals surface area contributed by atoms with Crippen LogP contribution >= 0.6 is 0 Å². The quantitative estimate of drug-likeness (QED) is 0.614. The van der Waals surface area contributed by atoms with Crippen LogP contribution in [0.25, 0.3) is 0 Å². The van der Waals surface area contributed by atoms with E-state index in [1.54, 1.807) is 0 Å². The number of allylic oxidation sites excluding steroid dienone is 2. The Hall–Kier alpha value is -0.560. The number of aliphatic hydroxyl groups is 1. The normalized spacial score (nSPS) is 31.4. The molecule has 0 aromatic heterocycles. The zero-order valence-electron chi connectivity index (χ0n) is 6.87. The summed E-state index contributed by atoms with van der Waals surface area (Å²) in [4.78, 5) is 0. The van der Waals surface area contributed by atoms with E-state index >= 15 is 0 Å². The lowest BCUT2D eigenvalue weighted by Gasteiger charge is -2.09. The average molecular weight is 152 g/mol. The highest BCUT2D eigenvalue weighted by atomic mass is 16.2. The molecule has 0 amide bonds. The molecule has 0 unspecified atom stereocenters. The van der Waals surface area contributed by atoms with Crippen LogP contribution in [0.1, 0.15) is 19.3 Å². The van der Waals surface area contributed by atoms with E-state index in [-0.39, 0.29) is 6.61 Å². The summed E-state index contributed by atoms with van der Waals surface area (Å²) in [5.41, 5.74) is 0. The summed E-state index contributed by atoms with van der Waals surface area (Å²) in [5.74, 6) is 1.29. The van der Waals surface area contributed by atoms with Gasteiger partial charge < -0.3 is 5.11 Å². The molecule has 2 atom stereocenters. The molecule has 1 heteroatoms. The van der Waals surface area contributed by atoms with Crippen LogP contribution in [-0.2, 0) is 0 Å². The SMILES string of the molecule is C=C[C@@H]1CCC[C@H]1/C=C\CO. The summed E-state index contributed by atoms with van der Waals surface area (Å²) < 4.78 is 0. The molecule has 1 N–H and O–H groups in total. The van der Waals surface area contributed by atoms with Gasteiger partial charge in [0.05, 0.1) is 6.61 Å². The van der Waals surface area contributed by atoms with Gasteiger partial charge in [0.15, 0.2) is 0 Å². The fourth-order valence-corrected chi connectivity index (χ4v) is 1.78. The van der Waals surface area contributed by atoms with Crippen molar-refractivity contribution in [1.82, 2.24) is 0 Å². The van der Waals surface area contributed by atoms with E-state index in [2.05, 4.69) is 12.7 Å². The molecular formula is C10H16O. The summed E-state index contributed by atoms with van der Waals surface area (Å²) in [6.07, 6.45) is 9.83. The standard InChI is InChI=1S/C10H16O/c1-2-9-5-3-6-10(9)7-4-8-11/h2,4,7,9-11H,1,3,5-6,8H2/b7-4-/t9-,10+/m1/s1. The largest absolute Gasteiger partial charge is 0.392 e. The zero-order chi connectivity index (χ0) is 8.10. The van der Waals surface area contributed by atoms with Gasteiger partial charge in [0, 0.05) is 0 Å². The Kier molecular flexibility index (Phi) is 3.37. The lowest BCUT2D eigenvalue weighted by atomic mass is 9.96. The van der Waals surface area contributed by atoms with Crippen molar-refractivity contribution >= 4 is 0 Å². The van der Waals surface area contributed by atoms with E-state index in [0.717, 1.165) is 0 Å². The summed E-state index contributed by atoms with van der Waals surface area (Å²) in [5, 5.41) is 8.57. The lowest BCUT2D eigenvalue weighted by molar-refractivity contribution is 0.341. The first-order chi connectivity index (χ1) is 5.38. The minimum atomic E-state index is 0.167. The van der Waals surface area contributed by atoms with E-state index < -0.39 is 0 Å². The van der Waals surface area contributed by atoms with Gasteiger partial charge >= 0.3 is 0 Å². The van der Waals surface area contributed by atoms with E-state index in [1.165, 1.54) is 19.3 Å². The van der Waals surface area contributed by atoms with Gasteiger partial charge in [-0.3, -0.25) is 0 Å². The van der Waals surface area contributed by atoms with Crippen LogP contribution in [0.2, 0.25) is 0 Å². The Morgan fingerprint density at radius 3 is 2.73 bits per heavy atom. The summed E-state index contributed by atoms with van der Waals surface area (Å²) >= 11 is 0. The van der Waals surface area contributed by atoms with Gasteiger partial charge in [-0.05, 0) is 24.7 Å². The van der Waals surface area contributed by atoms with Crippen molar-refractivity contribution in [1.29, 1.82) is 0 Å². The lowest BCUT2D eigenvalue weighted by Crippen LogP contribution is -2.00. The topological polar surface area (TPSA) is 20.2 Å². The second-order valence-electron chi connectivity index (χ2n) is 3.11. The fraction of sp³-hybridized carbons (Fsp3) is 0.600. The molecule has 1 nitrogen and oxygen atoms in total. The predicted molar refractivity (Wildman–Crippen MR) is 47.3 cm³/mol. The van der Waals surface area contributed by atoms with Crippen LogP contribution in [0.3, 0.4) is 0 Å². The maximum Gasteiger partial charge on any atom is 0.0612 e. The average Bonchev–Trinajstić information content (AvgIpc) is 2.47. The Morgan fingerprint density at radius 2 is 2.09 bits per heavy atom. The van der Waals surface area contributed by atoms with E-state index in [9.17, 15) is 0 Å². The molecule has 1 rings (SSSR count). The van der Waals surface area contributed by atoms with Gasteiger partial charge in [0.2, 0.25) is 0 Å². The van der Waals surface area contributed by atoms with Crippen LogP contribution in [0.4, 0.5) is 0 Å². The van der Waals surface area contributed by atoms with Crippen molar-refractivity contribution in [3.05, 3.63) is 24.8 Å². The molecule has 0 bridgehead atoms. The number of rotatable bonds is 3. The molecule has 0 aliphatic heterocycles. The maximum atomic E-state index is 8.57. The monoisotopic (exact) mass is 152 g/mol. The third-order valence-corrected chi connectivity index (χ3v) is 2.42. The second kappa shape index (κ2) is 4.35. The number of aliphatic hydroxyl groups excluding tert-OH is 1. The first kappa shape index (κ1) is 8.54. The van der Waals surface area contributed by atoms with Crippen molar-refractivity contribution in [2.75, 3.05) is 6.61 Å². The van der Waals surface area contributed by atoms with Crippen LogP contribution in [-0.4, -0.2) is 11.7 Å². The molecule has 0 heterocycles. The second-order valence-corrected chi connectivity index (χ2v) is 3.11. The van der Waals surface area contributed by atoms with Crippen LogP contribution in [0.5, 0.6) is 0 Å². The fourth-order valence-electron chi connectivity index (χ4n) is 1.78. The van der Waals surface area contributed by atoms with Crippen molar-refractivity contribution in [3.8, 4) is 0 Å². The van der Waals surface area contributed by atoms with E-state index in [0.29, 0.717) is 11.8 Å². The Balaban J connectivity index is 2.43. The molecule has 1 fully saturated rings. The highest BCUT2D eigenvalue weighted by Gasteiger charge is 2.21. The smallest absolute Gasteiger partial charge is 0.0612 e. The Morgan fingerprint density at radius 1 is 1.36 bits per heavy atom. The van der Waals surface area contributed by atoms with Gasteiger partial charge in [-0.25, -0.2) is 0 Å². The zero-order valence-corrected chi connectivity index (χ0v) is 6.87. The maximum absolute atomic E-state index is 8.57. The first-order valence-corrected chi connectivity index (χ1v) is 4.28. The molecule has 1 aliphatic rings. The Labute approximate surface area is 68.4 Å². The first-order valence-electron chi connectivity index (χ1n) is 4.28. The van der Waals surface area contributed by atoms with Gasteiger partial charge in [-0.15, -0.1) is 6.58 Å². The summed E-state index contributed by atoms with van der Waals surface area (Å²) in [6.45, 7) is 3.97. The van der Waals surface area contributed by atoms with Crippen LogP contribution in [0, 0.1) is 11.8 Å². The van der Waals surface area contributed by atoms with Crippen molar-refractivity contribution in [2.24, 2.45) is 11.8 Å². The molecule has 1 saturated carbocycles. The molecule has 0 aromatic carbocycles. The third-order valence-electron chi connectivity index (χ3n) is 2.42. The molecule has 0 radical (unpaired) electrons. The summed E-state index contributed by atoms with van der Waals surface area (Å²) in [6, 6.07) is 0. The highest BCUT2D eigenvalue weighted by molar-refractivity contribution is 5.00. The van der Waals surface area contributed by atoms with Crippen molar-refractivity contribution < 1.29 is 5.11 Å². The molecule has 62 valence electrons. The van der Waals surface area contributed by atoms with Gasteiger partial charge in [-0.2, -0.15) is 0 Å². The predicted octanol–water partition coefficient (Wildman–Crippen LogP) is 2.14. The van der Waals surface area contributed by atoms with E-state index in [4.69, 9.17) is 5.11 Å². The van der Waals surface area contributed by atoms with Crippen LogP contribution in [0.15, 0.2) is 24.8 Å². The van der Waals surface area contributed by atoms with Crippen molar-refractivity contribution in [3.63, 3.8) is 0 Å². The molecule has 0 spiro atoms. The molecule has 11 heavy (non-hydrogen) atoms. The van der Waals surface area contributed by atoms with E-state index in [1.807, 2.05) is 12.2 Å². The molecular weight excluding hydrogens is 136 g/mol. The van der Waals surface area contributed by atoms with Crippen LogP contribution < -0.4 is 0 Å². The minimum absolute atomic E-state index is 0.167. The minimum Gasteiger partial charge on any atom is -0.392 e. The van der Waals surface area contributed by atoms with Gasteiger partial charge in [0.25, 0.3) is 0 Å². The summed E-state index contributed by atoms with van der Waals surface area (Å²) in [7, 11) is 0. The molecule has 0 aromatic rings. The third kappa shape index (κ3) is 2.19. The molecule has 1 aliphatic carbocycles. The highest BCUT2D eigenvalue weighted by Crippen LogP contribution is 2.33. The van der Waals surface area contributed by atoms with Gasteiger partial charge in [0.1, 0.15) is 0 Å².